The Bertz CT molecular complexity index is 5530. The predicted octanol–water partition coefficient (Wildman–Crippen LogP) is -1.19. The third kappa shape index (κ3) is 22.1. The lowest BCUT2D eigenvalue weighted by Crippen LogP contribution is -2.42. The molecule has 0 spiro atoms. The van der Waals surface area contributed by atoms with Crippen molar-refractivity contribution in [2.24, 2.45) is 0 Å². The van der Waals surface area contributed by atoms with Gasteiger partial charge in [-0.05, 0) is 49.9 Å². The standard InChI is InChI=1S/C67H97N19O34P4S2/c1-9-35-44(49(104-18-13-99-5)63(112-35)85-30-76-41-54(70)73-28-74-56(41)85)119-124(97,126)111-27-39-46(51(106-20-15-101-7)64(116-39)86-31-77-42-57(86)79-65(71)80-59(42)89)118-121(92,93)108-25-37-45(50(105-19-14-100-6)61(114-37)82-22-32(2)53(69)78-66(82)90)117-122(94,95)109-26-38-47(52(107-21-16-102-8)62(115-38)83-23-33(3)58(88)81-67(83)91)120-123(96,125)110-24-36-43(87)48(103-17-12-98-4)60(113-36)84-29-75-40-34(68)10-11-72-55(40)84/h10-11,22-23,28-31,35-39,43-52,60-64,87H,9,12-21,24-27H2,1-8H3,(H2,68,72)(H,92,93)(H,94,95)(H,96,125)(H,97,126)(H2,69,78,90)(H2,70,73,74)(H,81,88,91)(H3,71,79,80,89)/t35-,36-,37-,38-,39-,43?,44?,45?,46?,47?,48+,49+,50+,51+,52+,60-,61-,62-,63-,64-,123?,124?/m1/s1. The van der Waals surface area contributed by atoms with E-state index in [1.165, 1.54) is 96.0 Å². The van der Waals surface area contributed by atoms with Gasteiger partial charge in [-0.15, -0.1) is 0 Å². The second kappa shape index (κ2) is 42.0. The number of nitrogen functional groups attached to an aromatic ring is 4. The summed E-state index contributed by atoms with van der Waals surface area (Å²) in [5.74, 6) is -0.511. The number of pyridine rings is 1. The normalized spacial score (nSPS) is 28.9. The Kier molecular flexibility index (Phi) is 32.2. The Hall–Kier alpha value is -7.08. The molecular weight excluding hydrogens is 1800 g/mol. The van der Waals surface area contributed by atoms with Crippen molar-refractivity contribution >= 4 is 109 Å². The van der Waals surface area contributed by atoms with Gasteiger partial charge in [0.1, 0.15) is 109 Å². The Morgan fingerprint density at radius 3 is 1.37 bits per heavy atom. The highest BCUT2D eigenvalue weighted by molar-refractivity contribution is 8.07. The molecule has 5 saturated heterocycles. The van der Waals surface area contributed by atoms with Crippen LogP contribution in [0.3, 0.4) is 0 Å². The molecule has 126 heavy (non-hydrogen) atoms. The third-order valence-corrected chi connectivity index (χ3v) is 25.6. The van der Waals surface area contributed by atoms with Crippen LogP contribution in [0.4, 0.5) is 23.3 Å². The van der Waals surface area contributed by atoms with Gasteiger partial charge in [0.25, 0.3) is 11.1 Å². The molecule has 15 N–H and O–H groups in total. The summed E-state index contributed by atoms with van der Waals surface area (Å²) in [6.45, 7) is -10.1. The average Bonchev–Trinajstić information content (AvgIpc) is 1.17. The minimum atomic E-state index is -5.84. The number of hydrogen-bond donors (Lipinski definition) is 11. The van der Waals surface area contributed by atoms with Crippen LogP contribution < -0.4 is 45.4 Å². The SMILES string of the molecule is CC[C@H]1O[C@@H](n2cnc3c(N)ncnc32)[C@@H](OCCOC)C1OP(O)(=S)OC[C@H]1O[C@@H](n2cnc3c(=O)[nH]c(N)nc32)[C@@H](OCCOC)C1OP(=O)(O)OC[C@H]1O[C@@H](n2cc(C)c(N)nc2=O)[C@@H](OCCOC)C1OP(=O)(O)OC[C@H]1O[C@@H](n2cc(C)c(=O)[nH]c2=O)[C@@H](OCCOC)C1OP(O)(=S)OC[C@H]1O[C@@H](n2cnc3c(N)ccnc32)[C@@H](OCCOC)C1O. The quantitative estimate of drug-likeness (QED) is 0.0158. The number of nitrogens with zero attached hydrogens (tertiary/aromatic N) is 13. The summed E-state index contributed by atoms with van der Waals surface area (Å²) in [6.07, 6.45) is -21.7. The number of ether oxygens (including phenoxy) is 15. The number of fused-ring (bicyclic) bond motifs is 3. The van der Waals surface area contributed by atoms with Gasteiger partial charge < -0.3 is 128 Å². The first-order valence-corrected chi connectivity index (χ1v) is 46.9. The van der Waals surface area contributed by atoms with Gasteiger partial charge in [0.05, 0.1) is 123 Å². The second-order valence-corrected chi connectivity index (χ2v) is 37.2. The second-order valence-electron chi connectivity index (χ2n) is 28.8. The lowest BCUT2D eigenvalue weighted by Gasteiger charge is -2.30. The molecule has 0 saturated carbocycles. The molecule has 0 aliphatic carbocycles. The van der Waals surface area contributed by atoms with E-state index in [0.29, 0.717) is 5.52 Å². The fourth-order valence-corrected chi connectivity index (χ4v) is 19.3. The van der Waals surface area contributed by atoms with Gasteiger partial charge in [0.15, 0.2) is 59.4 Å². The number of phosphoric ester groups is 2. The summed E-state index contributed by atoms with van der Waals surface area (Å²) < 4.78 is 175. The predicted molar refractivity (Wildman–Crippen MR) is 438 cm³/mol. The maximum atomic E-state index is 15.2. The van der Waals surface area contributed by atoms with Crippen LogP contribution in [-0.2, 0) is 140 Å². The zero-order valence-electron chi connectivity index (χ0n) is 68.6. The number of phosphoric acid groups is 2. The molecule has 0 radical (unpaired) electrons. The number of hydrogen-bond acceptors (Lipinski definition) is 44. The van der Waals surface area contributed by atoms with E-state index in [2.05, 4.69) is 49.8 Å². The summed E-state index contributed by atoms with van der Waals surface area (Å²) in [7, 11) is -4.74. The maximum absolute atomic E-state index is 15.2. The number of H-pyrrole nitrogens is 2. The van der Waals surface area contributed by atoms with Crippen molar-refractivity contribution in [3.8, 4) is 0 Å². The number of aromatic nitrogens is 15. The molecule has 53 nitrogen and oxygen atoms in total. The van der Waals surface area contributed by atoms with Crippen LogP contribution in [0.25, 0.3) is 33.5 Å². The third-order valence-electron chi connectivity index (χ3n) is 20.5. The zero-order chi connectivity index (χ0) is 90.3. The molecule has 13 heterocycles. The lowest BCUT2D eigenvalue weighted by molar-refractivity contribution is -0.0850. The molecule has 59 heteroatoms. The number of methoxy groups -OCH3 is 5. The molecular formula is C67H97N19O34P4S2. The summed E-state index contributed by atoms with van der Waals surface area (Å²) in [5, 5.41) is 11.9. The van der Waals surface area contributed by atoms with Crippen LogP contribution >= 0.6 is 29.1 Å². The van der Waals surface area contributed by atoms with E-state index < -0.39 is 201 Å². The monoisotopic (exact) mass is 1900 g/mol. The van der Waals surface area contributed by atoms with E-state index in [4.69, 9.17) is 154 Å². The number of aliphatic hydroxyl groups excluding tert-OH is 1. The molecule has 5 fully saturated rings. The molecule has 5 aliphatic heterocycles. The summed E-state index contributed by atoms with van der Waals surface area (Å²) in [6, 6.07) is 1.54. The van der Waals surface area contributed by atoms with E-state index in [9.17, 15) is 43.9 Å². The van der Waals surface area contributed by atoms with Crippen LogP contribution in [0.1, 0.15) is 55.6 Å². The number of aryl methyl sites for hydroxylation is 2. The lowest BCUT2D eigenvalue weighted by atomic mass is 10.1. The van der Waals surface area contributed by atoms with Crippen molar-refractivity contribution in [3.63, 3.8) is 0 Å². The van der Waals surface area contributed by atoms with Crippen molar-refractivity contribution in [3.05, 3.63) is 103 Å². The van der Waals surface area contributed by atoms with Gasteiger partial charge in [-0.2, -0.15) is 9.97 Å². The fourth-order valence-electron chi connectivity index (χ4n) is 14.5. The molecule has 0 amide bonds. The highest BCUT2D eigenvalue weighted by atomic mass is 32.5. The number of anilines is 4. The summed E-state index contributed by atoms with van der Waals surface area (Å²) >= 11 is 11.4. The van der Waals surface area contributed by atoms with E-state index >= 15 is 9.13 Å². The van der Waals surface area contributed by atoms with Crippen molar-refractivity contribution in [2.45, 2.75) is 150 Å². The first kappa shape index (κ1) is 96.5. The van der Waals surface area contributed by atoms with Gasteiger partial charge in [-0.3, -0.25) is 69.5 Å². The van der Waals surface area contributed by atoms with E-state index in [1.54, 1.807) is 11.5 Å². The van der Waals surface area contributed by atoms with E-state index in [0.717, 1.165) is 21.7 Å². The number of nitrogens with two attached hydrogens (primary N) is 4. The Morgan fingerprint density at radius 2 is 0.857 bits per heavy atom. The maximum Gasteiger partial charge on any atom is 0.472 e. The van der Waals surface area contributed by atoms with Gasteiger partial charge in [0.2, 0.25) is 5.95 Å². The van der Waals surface area contributed by atoms with Crippen molar-refractivity contribution in [1.82, 2.24) is 72.7 Å². The minimum Gasteiger partial charge on any atom is -0.397 e. The molecule has 5 aliphatic rings. The molecule has 24 atom stereocenters. The topological polar surface area (TPSA) is 679 Å². The van der Waals surface area contributed by atoms with E-state index in [1.807, 2.05) is 0 Å². The smallest absolute Gasteiger partial charge is 0.397 e. The average molecular weight is 1900 g/mol. The number of aromatic amines is 2. The molecule has 8 aromatic rings. The van der Waals surface area contributed by atoms with Crippen LogP contribution in [0.15, 0.2) is 69.1 Å². The van der Waals surface area contributed by atoms with Crippen molar-refractivity contribution < 1.29 is 141 Å². The number of nitrogens with one attached hydrogen (secondary N) is 2. The van der Waals surface area contributed by atoms with Crippen LogP contribution in [0, 0.1) is 13.8 Å². The number of rotatable bonds is 46. The van der Waals surface area contributed by atoms with Gasteiger partial charge in [0, 0.05) is 65.3 Å². The number of imidazole rings is 3. The molecule has 0 aromatic carbocycles. The van der Waals surface area contributed by atoms with Gasteiger partial charge in [-0.25, -0.2) is 48.6 Å². The highest BCUT2D eigenvalue weighted by Gasteiger charge is 2.58. The van der Waals surface area contributed by atoms with Crippen molar-refractivity contribution in [2.75, 3.05) is 151 Å². The highest BCUT2D eigenvalue weighted by Crippen LogP contribution is 2.57. The van der Waals surface area contributed by atoms with Crippen LogP contribution in [-0.4, -0.2) is 317 Å². The fraction of sp³-hybridized carbons (Fsp3) is 0.642. The van der Waals surface area contributed by atoms with Crippen molar-refractivity contribution in [1.29, 1.82) is 0 Å². The molecule has 9 unspecified atom stereocenters. The minimum absolute atomic E-state index is 0.0190. The zero-order valence-corrected chi connectivity index (χ0v) is 73.8. The Balaban J connectivity index is 0.794. The van der Waals surface area contributed by atoms with E-state index in [-0.39, 0.29) is 135 Å². The summed E-state index contributed by atoms with van der Waals surface area (Å²) in [5.41, 5.74) is 21.9. The first-order valence-electron chi connectivity index (χ1n) is 38.7. The first-order chi connectivity index (χ1) is 60.2. The molecule has 8 aromatic heterocycles. The Morgan fingerprint density at radius 1 is 0.444 bits per heavy atom. The largest absolute Gasteiger partial charge is 0.472 e. The van der Waals surface area contributed by atoms with Crippen LogP contribution in [0.5, 0.6) is 0 Å². The number of aliphatic hydroxyl groups is 1. The molecule has 696 valence electrons. The van der Waals surface area contributed by atoms with Crippen LogP contribution in [0.2, 0.25) is 0 Å². The van der Waals surface area contributed by atoms with Gasteiger partial charge >= 0.3 is 40.5 Å². The summed E-state index contributed by atoms with van der Waals surface area (Å²) in [4.78, 5) is 142. The molecule has 0 bridgehead atoms. The van der Waals surface area contributed by atoms with Gasteiger partial charge in [-0.1, -0.05) is 6.92 Å². The Labute approximate surface area is 723 Å². The molecule has 13 rings (SSSR count).